The first-order valence-electron chi connectivity index (χ1n) is 4.71. The summed E-state index contributed by atoms with van der Waals surface area (Å²) in [5.74, 6) is 0. The Morgan fingerprint density at radius 3 is 2.93 bits per heavy atom. The number of nitrogens with one attached hydrogen (secondary N) is 1. The summed E-state index contributed by atoms with van der Waals surface area (Å²) in [7, 11) is 6.94. The van der Waals surface area contributed by atoms with Crippen molar-refractivity contribution in [3.05, 3.63) is 23.9 Å². The van der Waals surface area contributed by atoms with E-state index in [1.165, 1.54) is 0 Å². The zero-order chi connectivity index (χ0) is 10.5. The molecule has 0 amide bonds. The third kappa shape index (κ3) is 1.44. The van der Waals surface area contributed by atoms with Crippen LogP contribution in [0.5, 0.6) is 0 Å². The molecule has 15 heavy (non-hydrogen) atoms. The van der Waals surface area contributed by atoms with Crippen LogP contribution in [0.2, 0.25) is 0 Å². The normalized spacial score (nSPS) is 18.3. The van der Waals surface area contributed by atoms with Crippen LogP contribution >= 0.6 is 21.7 Å². The van der Waals surface area contributed by atoms with Gasteiger partial charge in [-0.25, -0.2) is 0 Å². The van der Waals surface area contributed by atoms with E-state index in [1.807, 2.05) is 12.1 Å². The maximum Gasteiger partial charge on any atom is 0.0899 e. The fraction of sp³-hybridized carbons (Fsp3) is 0.300. The molecule has 1 saturated carbocycles. The SMILES string of the molecule is OC1(c2cc(SCl)c3[nH]ncc3c2)CC1. The number of aromatic nitrogens is 2. The van der Waals surface area contributed by atoms with Crippen molar-refractivity contribution in [1.82, 2.24) is 10.2 Å². The van der Waals surface area contributed by atoms with Crippen LogP contribution in [0.3, 0.4) is 0 Å². The summed E-state index contributed by atoms with van der Waals surface area (Å²) < 4.78 is 0. The Balaban J connectivity index is 2.24. The fourth-order valence-corrected chi connectivity index (χ4v) is 2.54. The molecule has 0 radical (unpaired) electrons. The van der Waals surface area contributed by atoms with Gasteiger partial charge in [0.05, 0.1) is 17.3 Å². The molecule has 1 fully saturated rings. The number of aliphatic hydroxyl groups is 1. The highest BCUT2D eigenvalue weighted by atomic mass is 35.7. The number of halogens is 1. The topological polar surface area (TPSA) is 48.9 Å². The molecule has 78 valence electrons. The summed E-state index contributed by atoms with van der Waals surface area (Å²) in [4.78, 5) is 0.919. The third-order valence-electron chi connectivity index (χ3n) is 2.86. The van der Waals surface area contributed by atoms with Crippen molar-refractivity contribution in [2.45, 2.75) is 23.3 Å². The van der Waals surface area contributed by atoms with Crippen LogP contribution in [-0.2, 0) is 5.60 Å². The number of hydrogen-bond acceptors (Lipinski definition) is 3. The maximum atomic E-state index is 10.0. The molecule has 2 aromatic rings. The van der Waals surface area contributed by atoms with Gasteiger partial charge in [0.25, 0.3) is 0 Å². The smallest absolute Gasteiger partial charge is 0.0899 e. The monoisotopic (exact) mass is 240 g/mol. The lowest BCUT2D eigenvalue weighted by Gasteiger charge is -2.09. The predicted octanol–water partition coefficient (Wildman–Crippen LogP) is 2.79. The summed E-state index contributed by atoms with van der Waals surface area (Å²) in [6.45, 7) is 0. The fourth-order valence-electron chi connectivity index (χ4n) is 1.76. The van der Waals surface area contributed by atoms with Crippen molar-refractivity contribution >= 4 is 32.6 Å². The van der Waals surface area contributed by atoms with Crippen molar-refractivity contribution in [2.75, 3.05) is 0 Å². The van der Waals surface area contributed by atoms with E-state index in [-0.39, 0.29) is 0 Å². The molecule has 0 saturated heterocycles. The van der Waals surface area contributed by atoms with E-state index in [2.05, 4.69) is 10.2 Å². The van der Waals surface area contributed by atoms with Gasteiger partial charge in [0, 0.05) is 10.3 Å². The molecule has 1 heterocycles. The molecular weight excluding hydrogens is 232 g/mol. The van der Waals surface area contributed by atoms with E-state index in [0.29, 0.717) is 0 Å². The highest BCUT2D eigenvalue weighted by Crippen LogP contribution is 2.47. The standard InChI is InChI=1S/C10H9ClN2OS/c11-15-8-4-7(10(14)1-2-10)3-6-5-12-13-9(6)8/h3-5,14H,1-2H2,(H,12,13). The minimum Gasteiger partial charge on any atom is -0.385 e. The molecule has 3 nitrogen and oxygen atoms in total. The maximum absolute atomic E-state index is 10.0. The molecule has 1 aliphatic carbocycles. The van der Waals surface area contributed by atoms with E-state index in [0.717, 1.165) is 45.2 Å². The Hall–Kier alpha value is -0.710. The average molecular weight is 241 g/mol. The van der Waals surface area contributed by atoms with Crippen molar-refractivity contribution in [2.24, 2.45) is 0 Å². The van der Waals surface area contributed by atoms with Gasteiger partial charge in [0.1, 0.15) is 0 Å². The molecule has 3 rings (SSSR count). The average Bonchev–Trinajstić information content (AvgIpc) is 2.82. The van der Waals surface area contributed by atoms with E-state index < -0.39 is 5.60 Å². The predicted molar refractivity (Wildman–Crippen MR) is 60.9 cm³/mol. The highest BCUT2D eigenvalue weighted by Gasteiger charge is 2.42. The summed E-state index contributed by atoms with van der Waals surface area (Å²) >= 11 is 0. The first-order chi connectivity index (χ1) is 7.23. The second-order valence-electron chi connectivity index (χ2n) is 3.92. The summed E-state index contributed by atoms with van der Waals surface area (Å²) in [6.07, 6.45) is 3.42. The lowest BCUT2D eigenvalue weighted by atomic mass is 10.1. The number of fused-ring (bicyclic) bond motifs is 1. The van der Waals surface area contributed by atoms with Gasteiger partial charge in [-0.2, -0.15) is 5.10 Å². The number of nitrogens with zero attached hydrogens (tertiary/aromatic N) is 1. The number of aromatic amines is 1. The zero-order valence-electron chi connectivity index (χ0n) is 7.83. The molecule has 1 aliphatic rings. The van der Waals surface area contributed by atoms with Crippen molar-refractivity contribution in [3.63, 3.8) is 0 Å². The first kappa shape index (κ1) is 9.51. The van der Waals surface area contributed by atoms with E-state index in [9.17, 15) is 5.11 Å². The van der Waals surface area contributed by atoms with Crippen LogP contribution in [0.4, 0.5) is 0 Å². The molecular formula is C10H9ClN2OS. The number of H-pyrrole nitrogens is 1. The van der Waals surface area contributed by atoms with Gasteiger partial charge in [0.15, 0.2) is 0 Å². The highest BCUT2D eigenvalue weighted by molar-refractivity contribution is 8.21. The van der Waals surface area contributed by atoms with Gasteiger partial charge in [-0.05, 0) is 52.2 Å². The Bertz CT molecular complexity index is 521. The van der Waals surface area contributed by atoms with Gasteiger partial charge < -0.3 is 5.11 Å². The first-order valence-corrected chi connectivity index (χ1v) is 6.36. The lowest BCUT2D eigenvalue weighted by molar-refractivity contribution is 0.151. The summed E-state index contributed by atoms with van der Waals surface area (Å²) in [6, 6.07) is 3.91. The van der Waals surface area contributed by atoms with E-state index >= 15 is 0 Å². The van der Waals surface area contributed by atoms with Crippen LogP contribution in [-0.4, -0.2) is 15.3 Å². The van der Waals surface area contributed by atoms with Gasteiger partial charge in [-0.3, -0.25) is 5.10 Å². The Kier molecular flexibility index (Phi) is 1.99. The minimum atomic E-state index is -0.618. The van der Waals surface area contributed by atoms with E-state index in [4.69, 9.17) is 10.7 Å². The number of benzene rings is 1. The minimum absolute atomic E-state index is 0.618. The quantitative estimate of drug-likeness (QED) is 0.849. The Morgan fingerprint density at radius 1 is 1.47 bits per heavy atom. The van der Waals surface area contributed by atoms with Crippen molar-refractivity contribution in [1.29, 1.82) is 0 Å². The molecule has 5 heteroatoms. The van der Waals surface area contributed by atoms with Crippen LogP contribution in [0.15, 0.2) is 23.2 Å². The van der Waals surface area contributed by atoms with E-state index in [1.54, 1.807) is 6.20 Å². The second-order valence-corrected chi connectivity index (χ2v) is 4.97. The second kappa shape index (κ2) is 3.14. The molecule has 0 unspecified atom stereocenters. The molecule has 1 aromatic carbocycles. The summed E-state index contributed by atoms with van der Waals surface area (Å²) in [5.41, 5.74) is 1.26. The zero-order valence-corrected chi connectivity index (χ0v) is 9.40. The number of hydrogen-bond donors (Lipinski definition) is 2. The molecule has 0 spiro atoms. The largest absolute Gasteiger partial charge is 0.385 e. The molecule has 0 aliphatic heterocycles. The molecule has 0 bridgehead atoms. The van der Waals surface area contributed by atoms with Crippen LogP contribution < -0.4 is 0 Å². The lowest BCUT2D eigenvalue weighted by Crippen LogP contribution is -2.03. The molecule has 2 N–H and O–H groups in total. The third-order valence-corrected chi connectivity index (χ3v) is 3.84. The molecule has 0 atom stereocenters. The van der Waals surface area contributed by atoms with Gasteiger partial charge in [-0.1, -0.05) is 0 Å². The van der Waals surface area contributed by atoms with Crippen molar-refractivity contribution in [3.8, 4) is 0 Å². The molecule has 1 aromatic heterocycles. The van der Waals surface area contributed by atoms with Crippen LogP contribution in [0, 0.1) is 0 Å². The van der Waals surface area contributed by atoms with Gasteiger partial charge in [0.2, 0.25) is 0 Å². The van der Waals surface area contributed by atoms with Gasteiger partial charge >= 0.3 is 0 Å². The number of rotatable bonds is 2. The van der Waals surface area contributed by atoms with Crippen LogP contribution in [0.1, 0.15) is 18.4 Å². The Morgan fingerprint density at radius 2 is 2.27 bits per heavy atom. The Labute approximate surface area is 95.3 Å². The van der Waals surface area contributed by atoms with Gasteiger partial charge in [-0.15, -0.1) is 0 Å². The summed E-state index contributed by atoms with van der Waals surface area (Å²) in [5, 5.41) is 17.9. The van der Waals surface area contributed by atoms with Crippen LogP contribution in [0.25, 0.3) is 10.9 Å². The van der Waals surface area contributed by atoms with Crippen molar-refractivity contribution < 1.29 is 5.11 Å².